The molecule has 1 heterocycles. The number of rotatable bonds is 5. The molecule has 0 saturated heterocycles. The summed E-state index contributed by atoms with van der Waals surface area (Å²) in [5.41, 5.74) is -0.242. The Morgan fingerprint density at radius 1 is 1.52 bits per heavy atom. The summed E-state index contributed by atoms with van der Waals surface area (Å²) in [6.07, 6.45) is 3.72. The molecule has 1 saturated carbocycles. The highest BCUT2D eigenvalue weighted by Crippen LogP contribution is 2.47. The minimum Gasteiger partial charge on any atom is -0.461 e. The molecule has 0 spiro atoms. The van der Waals surface area contributed by atoms with Gasteiger partial charge in [0, 0.05) is 18.5 Å². The lowest BCUT2D eigenvalue weighted by Gasteiger charge is -2.25. The van der Waals surface area contributed by atoms with Gasteiger partial charge in [0.25, 0.3) is 0 Å². The van der Waals surface area contributed by atoms with Gasteiger partial charge in [-0.2, -0.15) is 0 Å². The molecule has 0 radical (unpaired) electrons. The fourth-order valence-corrected chi connectivity index (χ4v) is 2.10. The van der Waals surface area contributed by atoms with E-state index in [4.69, 9.17) is 4.42 Å². The Balaban J connectivity index is 1.81. The predicted molar refractivity (Wildman–Crippen MR) is 82.7 cm³/mol. The van der Waals surface area contributed by atoms with Gasteiger partial charge in [0.2, 0.25) is 5.91 Å². The molecule has 1 fully saturated rings. The lowest BCUT2D eigenvalue weighted by Crippen LogP contribution is -2.38. The predicted octanol–water partition coefficient (Wildman–Crippen LogP) is 2.94. The van der Waals surface area contributed by atoms with Crippen LogP contribution in [0.1, 0.15) is 51.6 Å². The Kier molecular flexibility index (Phi) is 4.57. The van der Waals surface area contributed by atoms with Crippen molar-refractivity contribution in [2.24, 2.45) is 11.3 Å². The first-order valence-electron chi connectivity index (χ1n) is 7.51. The van der Waals surface area contributed by atoms with Gasteiger partial charge >= 0.3 is 0 Å². The van der Waals surface area contributed by atoms with Crippen LogP contribution < -0.4 is 5.32 Å². The molecule has 0 aliphatic heterocycles. The standard InChI is InChI=1S/C17H25NO3/c1-11-9-13(11)14-7-5-12(21-14)6-8-16(20)18-10-15(19)17(2,3)4/h5-8,11,13,15,19H,9-10H2,1-4H3,(H,18,20)/b8-6+. The van der Waals surface area contributed by atoms with Crippen molar-refractivity contribution in [1.29, 1.82) is 0 Å². The highest BCUT2D eigenvalue weighted by Gasteiger charge is 2.36. The van der Waals surface area contributed by atoms with E-state index in [0.29, 0.717) is 17.6 Å². The van der Waals surface area contributed by atoms with Crippen molar-refractivity contribution in [3.05, 3.63) is 29.7 Å². The van der Waals surface area contributed by atoms with Crippen LogP contribution >= 0.6 is 0 Å². The van der Waals surface area contributed by atoms with Gasteiger partial charge in [0.1, 0.15) is 11.5 Å². The van der Waals surface area contributed by atoms with Crippen molar-refractivity contribution in [3.63, 3.8) is 0 Å². The molecule has 21 heavy (non-hydrogen) atoms. The van der Waals surface area contributed by atoms with E-state index in [1.54, 1.807) is 6.08 Å². The van der Waals surface area contributed by atoms with Crippen molar-refractivity contribution >= 4 is 12.0 Å². The Morgan fingerprint density at radius 3 is 2.76 bits per heavy atom. The maximum Gasteiger partial charge on any atom is 0.244 e. The van der Waals surface area contributed by atoms with Crippen molar-refractivity contribution in [3.8, 4) is 0 Å². The van der Waals surface area contributed by atoms with Crippen molar-refractivity contribution in [2.75, 3.05) is 6.54 Å². The van der Waals surface area contributed by atoms with Gasteiger partial charge in [0.05, 0.1) is 6.10 Å². The third-order valence-electron chi connectivity index (χ3n) is 3.99. The molecule has 3 unspecified atom stereocenters. The van der Waals surface area contributed by atoms with E-state index in [-0.39, 0.29) is 17.9 Å². The highest BCUT2D eigenvalue weighted by atomic mass is 16.3. The first kappa shape index (κ1) is 15.8. The fraction of sp³-hybridized carbons (Fsp3) is 0.588. The lowest BCUT2D eigenvalue weighted by molar-refractivity contribution is -0.117. The van der Waals surface area contributed by atoms with E-state index >= 15 is 0 Å². The molecule has 0 aromatic carbocycles. The van der Waals surface area contributed by atoms with E-state index < -0.39 is 6.10 Å². The summed E-state index contributed by atoms with van der Waals surface area (Å²) in [6, 6.07) is 3.86. The largest absolute Gasteiger partial charge is 0.461 e. The van der Waals surface area contributed by atoms with E-state index in [2.05, 4.69) is 12.2 Å². The number of furan rings is 1. The number of aliphatic hydroxyl groups is 1. The zero-order valence-electron chi connectivity index (χ0n) is 13.2. The zero-order chi connectivity index (χ0) is 15.6. The second kappa shape index (κ2) is 6.06. The van der Waals surface area contributed by atoms with Crippen molar-refractivity contribution in [2.45, 2.75) is 46.1 Å². The van der Waals surface area contributed by atoms with Crippen LogP contribution in [0.2, 0.25) is 0 Å². The van der Waals surface area contributed by atoms with Crippen LogP contribution in [0.4, 0.5) is 0 Å². The maximum atomic E-state index is 11.7. The molecule has 2 rings (SSSR count). The van der Waals surface area contributed by atoms with Crippen LogP contribution in [-0.2, 0) is 4.79 Å². The number of carbonyl (C=O) groups is 1. The summed E-state index contributed by atoms with van der Waals surface area (Å²) < 4.78 is 5.69. The van der Waals surface area contributed by atoms with Crippen LogP contribution in [0, 0.1) is 11.3 Å². The molecule has 1 aliphatic carbocycles. The third kappa shape index (κ3) is 4.46. The summed E-state index contributed by atoms with van der Waals surface area (Å²) >= 11 is 0. The van der Waals surface area contributed by atoms with Gasteiger partial charge in [-0.05, 0) is 36.0 Å². The van der Waals surface area contributed by atoms with Gasteiger partial charge in [-0.1, -0.05) is 27.7 Å². The molecule has 2 N–H and O–H groups in total. The Hall–Kier alpha value is -1.55. The average molecular weight is 291 g/mol. The van der Waals surface area contributed by atoms with Crippen LogP contribution in [0.5, 0.6) is 0 Å². The smallest absolute Gasteiger partial charge is 0.244 e. The van der Waals surface area contributed by atoms with Gasteiger partial charge in [0.15, 0.2) is 0 Å². The quantitative estimate of drug-likeness (QED) is 0.820. The minimum atomic E-state index is -0.568. The van der Waals surface area contributed by atoms with Gasteiger partial charge < -0.3 is 14.8 Å². The van der Waals surface area contributed by atoms with Crippen molar-refractivity contribution in [1.82, 2.24) is 5.32 Å². The molecular weight excluding hydrogens is 266 g/mol. The minimum absolute atomic E-state index is 0.226. The summed E-state index contributed by atoms with van der Waals surface area (Å²) in [7, 11) is 0. The summed E-state index contributed by atoms with van der Waals surface area (Å²) in [6.45, 7) is 8.25. The van der Waals surface area contributed by atoms with E-state index in [0.717, 1.165) is 5.76 Å². The summed E-state index contributed by atoms with van der Waals surface area (Å²) in [5, 5.41) is 12.5. The number of aliphatic hydroxyl groups excluding tert-OH is 1. The number of amides is 1. The molecule has 3 atom stereocenters. The number of hydrogen-bond donors (Lipinski definition) is 2. The lowest BCUT2D eigenvalue weighted by atomic mass is 9.89. The van der Waals surface area contributed by atoms with Gasteiger partial charge in [-0.15, -0.1) is 0 Å². The normalized spacial score (nSPS) is 23.3. The molecule has 4 nitrogen and oxygen atoms in total. The first-order valence-corrected chi connectivity index (χ1v) is 7.51. The second-order valence-corrected chi connectivity index (χ2v) is 7.02. The zero-order valence-corrected chi connectivity index (χ0v) is 13.2. The van der Waals surface area contributed by atoms with Gasteiger partial charge in [-0.3, -0.25) is 4.79 Å². The SMILES string of the molecule is CC1CC1c1ccc(/C=C/C(=O)NCC(O)C(C)(C)C)o1. The maximum absolute atomic E-state index is 11.7. The molecule has 0 bridgehead atoms. The molecule has 1 aromatic rings. The van der Waals surface area contributed by atoms with E-state index in [1.807, 2.05) is 32.9 Å². The Labute approximate surface area is 126 Å². The van der Waals surface area contributed by atoms with Crippen LogP contribution in [-0.4, -0.2) is 23.7 Å². The molecule has 4 heteroatoms. The van der Waals surface area contributed by atoms with Crippen LogP contribution in [0.15, 0.2) is 22.6 Å². The molecular formula is C17H25NO3. The molecule has 1 aromatic heterocycles. The summed E-state index contributed by atoms with van der Waals surface area (Å²) in [5.74, 6) is 2.72. The number of carbonyl (C=O) groups excluding carboxylic acids is 1. The monoisotopic (exact) mass is 291 g/mol. The van der Waals surface area contributed by atoms with Crippen molar-refractivity contribution < 1.29 is 14.3 Å². The fourth-order valence-electron chi connectivity index (χ4n) is 2.10. The molecule has 116 valence electrons. The molecule has 1 amide bonds. The summed E-state index contributed by atoms with van der Waals surface area (Å²) in [4.78, 5) is 11.7. The van der Waals surface area contributed by atoms with Crippen LogP contribution in [0.3, 0.4) is 0 Å². The molecule has 1 aliphatic rings. The van der Waals surface area contributed by atoms with Crippen LogP contribution in [0.25, 0.3) is 6.08 Å². The third-order valence-corrected chi connectivity index (χ3v) is 3.99. The number of hydrogen-bond acceptors (Lipinski definition) is 3. The van der Waals surface area contributed by atoms with E-state index in [1.165, 1.54) is 12.5 Å². The second-order valence-electron chi connectivity index (χ2n) is 7.02. The van der Waals surface area contributed by atoms with E-state index in [9.17, 15) is 9.90 Å². The van der Waals surface area contributed by atoms with Gasteiger partial charge in [-0.25, -0.2) is 0 Å². The highest BCUT2D eigenvalue weighted by molar-refractivity contribution is 5.91. The first-order chi connectivity index (χ1) is 9.77. The Bertz CT molecular complexity index is 524. The number of nitrogens with one attached hydrogen (secondary N) is 1. The average Bonchev–Trinajstić information content (AvgIpc) is 2.95. The Morgan fingerprint density at radius 2 is 2.19 bits per heavy atom. The topological polar surface area (TPSA) is 62.5 Å².